The zero-order valence-corrected chi connectivity index (χ0v) is 14.7. The van der Waals surface area contributed by atoms with E-state index in [2.05, 4.69) is 5.32 Å². The van der Waals surface area contributed by atoms with Crippen molar-refractivity contribution in [2.45, 2.75) is 19.9 Å². The third-order valence-electron chi connectivity index (χ3n) is 3.42. The first-order valence-electron chi connectivity index (χ1n) is 8.01. The van der Waals surface area contributed by atoms with Crippen molar-refractivity contribution in [1.29, 1.82) is 0 Å². The van der Waals surface area contributed by atoms with Crippen molar-refractivity contribution in [3.63, 3.8) is 0 Å². The van der Waals surface area contributed by atoms with Gasteiger partial charge in [-0.15, -0.1) is 0 Å². The minimum absolute atomic E-state index is 0.0184. The van der Waals surface area contributed by atoms with Crippen LogP contribution in [-0.4, -0.2) is 82.5 Å². The second-order valence-corrected chi connectivity index (χ2v) is 5.88. The molecule has 1 aromatic heterocycles. The number of carboxylic acid groups (broad SMARTS) is 2. The molecule has 0 spiro atoms. The Labute approximate surface area is 150 Å². The van der Waals surface area contributed by atoms with Crippen LogP contribution < -0.4 is 5.32 Å². The number of rotatable bonds is 4. The number of nitrogens with zero attached hydrogens (tertiary/aromatic N) is 2. The van der Waals surface area contributed by atoms with E-state index >= 15 is 0 Å². The van der Waals surface area contributed by atoms with Crippen molar-refractivity contribution in [2.24, 2.45) is 0 Å². The molecule has 2 heterocycles. The lowest BCUT2D eigenvalue weighted by Gasteiger charge is -2.34. The Balaban J connectivity index is 0.000000487. The van der Waals surface area contributed by atoms with Gasteiger partial charge < -0.3 is 24.8 Å². The second kappa shape index (κ2) is 10.2. The van der Waals surface area contributed by atoms with Gasteiger partial charge in [-0.1, -0.05) is 0 Å². The Morgan fingerprint density at radius 2 is 1.69 bits per heavy atom. The van der Waals surface area contributed by atoms with E-state index in [9.17, 15) is 9.59 Å². The van der Waals surface area contributed by atoms with Gasteiger partial charge in [0.05, 0.1) is 12.8 Å². The molecular formula is C16H23N3O7. The van der Waals surface area contributed by atoms with Gasteiger partial charge in [0.2, 0.25) is 5.78 Å². The molecule has 1 saturated heterocycles. The number of hydrogen-bond acceptors (Lipinski definition) is 6. The Hall–Kier alpha value is -2.88. The van der Waals surface area contributed by atoms with Gasteiger partial charge in [-0.3, -0.25) is 9.69 Å². The van der Waals surface area contributed by atoms with Crippen LogP contribution in [0.1, 0.15) is 24.4 Å². The molecule has 1 aromatic rings. The number of urea groups is 1. The fourth-order valence-corrected chi connectivity index (χ4v) is 2.17. The number of hydrogen-bond donors (Lipinski definition) is 3. The average molecular weight is 369 g/mol. The molecule has 1 aliphatic heterocycles. The van der Waals surface area contributed by atoms with Crippen LogP contribution in [0.4, 0.5) is 4.79 Å². The van der Waals surface area contributed by atoms with Crippen LogP contribution >= 0.6 is 0 Å². The molecule has 0 radical (unpaired) electrons. The quantitative estimate of drug-likeness (QED) is 0.510. The van der Waals surface area contributed by atoms with Crippen LogP contribution in [-0.2, 0) is 9.59 Å². The van der Waals surface area contributed by atoms with E-state index in [-0.39, 0.29) is 17.9 Å². The maximum absolute atomic E-state index is 11.9. The van der Waals surface area contributed by atoms with E-state index in [0.717, 1.165) is 0 Å². The predicted molar refractivity (Wildman–Crippen MR) is 90.0 cm³/mol. The summed E-state index contributed by atoms with van der Waals surface area (Å²) < 4.78 is 5.09. The second-order valence-electron chi connectivity index (χ2n) is 5.88. The van der Waals surface area contributed by atoms with Crippen molar-refractivity contribution in [3.05, 3.63) is 24.2 Å². The smallest absolute Gasteiger partial charge is 0.414 e. The highest BCUT2D eigenvalue weighted by molar-refractivity contribution is 6.27. The molecule has 1 fully saturated rings. The first-order chi connectivity index (χ1) is 12.2. The first-order valence-corrected chi connectivity index (χ1v) is 8.01. The number of carbonyl (C=O) groups is 4. The Morgan fingerprint density at radius 3 is 2.12 bits per heavy atom. The minimum Gasteiger partial charge on any atom is -0.473 e. The highest BCUT2D eigenvalue weighted by Gasteiger charge is 2.23. The number of piperazine rings is 1. The number of ketones is 1. The molecule has 0 aliphatic carbocycles. The van der Waals surface area contributed by atoms with E-state index in [1.807, 2.05) is 18.7 Å². The first kappa shape index (κ1) is 21.2. The zero-order chi connectivity index (χ0) is 19.7. The molecule has 0 aromatic carbocycles. The van der Waals surface area contributed by atoms with E-state index in [1.54, 1.807) is 17.0 Å². The molecule has 3 N–H and O–H groups in total. The summed E-state index contributed by atoms with van der Waals surface area (Å²) in [6.45, 7) is 6.92. The number of amides is 2. The molecule has 144 valence electrons. The van der Waals surface area contributed by atoms with Gasteiger partial charge in [0.25, 0.3) is 0 Å². The number of carboxylic acids is 2. The summed E-state index contributed by atoms with van der Waals surface area (Å²) in [4.78, 5) is 45.8. The molecular weight excluding hydrogens is 346 g/mol. The van der Waals surface area contributed by atoms with Gasteiger partial charge in [-0.2, -0.15) is 0 Å². The standard InChI is InChI=1S/C14H21N3O3.C2H2O4/c1-11(2)15-14(19)17-7-5-16(6-8-17)10-12(18)13-4-3-9-20-13;3-1(4)2(5)6/h3-4,9,11H,5-8,10H2,1-2H3,(H,15,19);(H,3,4)(H,5,6). The highest BCUT2D eigenvalue weighted by atomic mass is 16.4. The van der Waals surface area contributed by atoms with E-state index in [1.165, 1.54) is 6.26 Å². The summed E-state index contributed by atoms with van der Waals surface area (Å²) in [5.41, 5.74) is 0. The van der Waals surface area contributed by atoms with Gasteiger partial charge in [0.1, 0.15) is 0 Å². The lowest BCUT2D eigenvalue weighted by Crippen LogP contribution is -2.53. The van der Waals surface area contributed by atoms with Crippen LogP contribution in [0.25, 0.3) is 0 Å². The molecule has 0 bridgehead atoms. The van der Waals surface area contributed by atoms with Gasteiger partial charge in [-0.05, 0) is 26.0 Å². The number of aliphatic carboxylic acids is 2. The number of nitrogens with one attached hydrogen (secondary N) is 1. The SMILES string of the molecule is CC(C)NC(=O)N1CCN(CC(=O)c2ccco2)CC1.O=C(O)C(=O)O. The van der Waals surface area contributed by atoms with Gasteiger partial charge in [-0.25, -0.2) is 14.4 Å². The Morgan fingerprint density at radius 1 is 1.12 bits per heavy atom. The van der Waals surface area contributed by atoms with Crippen molar-refractivity contribution in [2.75, 3.05) is 32.7 Å². The van der Waals surface area contributed by atoms with Crippen LogP contribution in [0, 0.1) is 0 Å². The topological polar surface area (TPSA) is 140 Å². The number of Topliss-reactive ketones (excluding diaryl/α,β-unsaturated/α-hetero) is 1. The molecule has 1 aliphatic rings. The van der Waals surface area contributed by atoms with Gasteiger partial charge >= 0.3 is 18.0 Å². The lowest BCUT2D eigenvalue weighted by atomic mass is 10.2. The van der Waals surface area contributed by atoms with E-state index in [4.69, 9.17) is 24.2 Å². The van der Waals surface area contributed by atoms with Gasteiger partial charge in [0, 0.05) is 32.2 Å². The van der Waals surface area contributed by atoms with Crippen LogP contribution in [0.3, 0.4) is 0 Å². The highest BCUT2D eigenvalue weighted by Crippen LogP contribution is 2.06. The van der Waals surface area contributed by atoms with Crippen molar-refractivity contribution in [3.8, 4) is 0 Å². The molecule has 10 nitrogen and oxygen atoms in total. The number of carbonyl (C=O) groups excluding carboxylic acids is 2. The third kappa shape index (κ3) is 7.34. The average Bonchev–Trinajstić information content (AvgIpc) is 3.10. The fourth-order valence-electron chi connectivity index (χ4n) is 2.17. The monoisotopic (exact) mass is 369 g/mol. The molecule has 2 amide bonds. The van der Waals surface area contributed by atoms with Crippen LogP contribution in [0.5, 0.6) is 0 Å². The summed E-state index contributed by atoms with van der Waals surface area (Å²) >= 11 is 0. The van der Waals surface area contributed by atoms with Crippen LogP contribution in [0.15, 0.2) is 22.8 Å². The normalized spacial score (nSPS) is 14.3. The molecule has 10 heteroatoms. The maximum atomic E-state index is 11.9. The summed E-state index contributed by atoms with van der Waals surface area (Å²) in [5, 5.41) is 17.7. The molecule has 26 heavy (non-hydrogen) atoms. The number of furan rings is 1. The Kier molecular flexibility index (Phi) is 8.29. The van der Waals surface area contributed by atoms with Crippen molar-refractivity contribution < 1.29 is 33.8 Å². The van der Waals surface area contributed by atoms with Crippen LogP contribution in [0.2, 0.25) is 0 Å². The molecule has 0 unspecified atom stereocenters. The Bertz CT molecular complexity index is 608. The minimum atomic E-state index is -1.82. The van der Waals surface area contributed by atoms with Gasteiger partial charge in [0.15, 0.2) is 5.76 Å². The predicted octanol–water partition coefficient (Wildman–Crippen LogP) is 0.354. The summed E-state index contributed by atoms with van der Waals surface area (Å²) in [5.74, 6) is -3.27. The summed E-state index contributed by atoms with van der Waals surface area (Å²) in [6, 6.07) is 3.49. The zero-order valence-electron chi connectivity index (χ0n) is 14.7. The summed E-state index contributed by atoms with van der Waals surface area (Å²) in [6.07, 6.45) is 1.50. The lowest BCUT2D eigenvalue weighted by molar-refractivity contribution is -0.159. The molecule has 2 rings (SSSR count). The van der Waals surface area contributed by atoms with Crippen molar-refractivity contribution in [1.82, 2.24) is 15.1 Å². The largest absolute Gasteiger partial charge is 0.473 e. The molecule has 0 saturated carbocycles. The van der Waals surface area contributed by atoms with E-state index in [0.29, 0.717) is 38.5 Å². The van der Waals surface area contributed by atoms with E-state index < -0.39 is 11.9 Å². The van der Waals surface area contributed by atoms with Crippen molar-refractivity contribution >= 4 is 23.8 Å². The fraction of sp³-hybridized carbons (Fsp3) is 0.500. The maximum Gasteiger partial charge on any atom is 0.414 e. The molecule has 0 atom stereocenters. The third-order valence-corrected chi connectivity index (χ3v) is 3.42. The summed E-state index contributed by atoms with van der Waals surface area (Å²) in [7, 11) is 0.